The molecular formula is C12H15NO2. The van der Waals surface area contributed by atoms with Crippen molar-refractivity contribution in [2.45, 2.75) is 32.1 Å². The fraction of sp³-hybridized carbons (Fsp3) is 0.500. The molecule has 1 aromatic carbocycles. The molecule has 1 aliphatic carbocycles. The number of hydrogen-bond acceptors (Lipinski definition) is 2. The minimum absolute atomic E-state index is 0.185. The van der Waals surface area contributed by atoms with Gasteiger partial charge in [0.2, 0.25) is 0 Å². The van der Waals surface area contributed by atoms with E-state index in [4.69, 9.17) is 0 Å². The van der Waals surface area contributed by atoms with Crippen LogP contribution in [0.3, 0.4) is 0 Å². The first-order valence-electron chi connectivity index (χ1n) is 5.46. The summed E-state index contributed by atoms with van der Waals surface area (Å²) in [6, 6.07) is 7.04. The van der Waals surface area contributed by atoms with Crippen LogP contribution in [-0.2, 0) is 0 Å². The number of nitrogens with zero attached hydrogens (tertiary/aromatic N) is 1. The van der Waals surface area contributed by atoms with Gasteiger partial charge < -0.3 is 0 Å². The SMILES string of the molecule is CCC(c1ccc([N+](=O)[O-])cc1)C1CC1. The van der Waals surface area contributed by atoms with Crippen LogP contribution in [0.15, 0.2) is 24.3 Å². The van der Waals surface area contributed by atoms with Crippen LogP contribution in [0.1, 0.15) is 37.7 Å². The molecule has 2 rings (SSSR count). The molecule has 1 atom stereocenters. The van der Waals surface area contributed by atoms with Gasteiger partial charge >= 0.3 is 0 Å². The second kappa shape index (κ2) is 4.01. The molecular weight excluding hydrogens is 190 g/mol. The molecule has 0 bridgehead atoms. The molecule has 1 aliphatic rings. The molecule has 0 heterocycles. The summed E-state index contributed by atoms with van der Waals surface area (Å²) in [5.41, 5.74) is 1.44. The van der Waals surface area contributed by atoms with Gasteiger partial charge in [0, 0.05) is 12.1 Å². The Kier molecular flexibility index (Phi) is 2.71. The number of nitro benzene ring substituents is 1. The number of rotatable bonds is 4. The first kappa shape index (κ1) is 10.1. The van der Waals surface area contributed by atoms with Gasteiger partial charge in [-0.1, -0.05) is 19.1 Å². The third kappa shape index (κ3) is 2.17. The van der Waals surface area contributed by atoms with E-state index in [1.54, 1.807) is 12.1 Å². The van der Waals surface area contributed by atoms with Crippen LogP contribution in [0.25, 0.3) is 0 Å². The second-order valence-electron chi connectivity index (χ2n) is 4.20. The summed E-state index contributed by atoms with van der Waals surface area (Å²) in [5.74, 6) is 1.42. The van der Waals surface area contributed by atoms with E-state index in [-0.39, 0.29) is 10.6 Å². The predicted molar refractivity (Wildman–Crippen MR) is 58.9 cm³/mol. The highest BCUT2D eigenvalue weighted by Crippen LogP contribution is 2.44. The van der Waals surface area contributed by atoms with Crippen molar-refractivity contribution in [1.82, 2.24) is 0 Å². The molecule has 80 valence electrons. The van der Waals surface area contributed by atoms with E-state index in [1.165, 1.54) is 18.4 Å². The minimum atomic E-state index is -0.345. The van der Waals surface area contributed by atoms with E-state index in [0.717, 1.165) is 12.3 Å². The first-order chi connectivity index (χ1) is 7.22. The Hall–Kier alpha value is -1.38. The van der Waals surface area contributed by atoms with E-state index >= 15 is 0 Å². The first-order valence-corrected chi connectivity index (χ1v) is 5.46. The lowest BCUT2D eigenvalue weighted by Crippen LogP contribution is -1.99. The molecule has 1 aromatic rings. The van der Waals surface area contributed by atoms with Gasteiger partial charge in [-0.05, 0) is 36.7 Å². The van der Waals surface area contributed by atoms with Gasteiger partial charge in [0.15, 0.2) is 0 Å². The van der Waals surface area contributed by atoms with E-state index in [0.29, 0.717) is 5.92 Å². The summed E-state index contributed by atoms with van der Waals surface area (Å²) >= 11 is 0. The summed E-state index contributed by atoms with van der Waals surface area (Å²) in [4.78, 5) is 10.2. The topological polar surface area (TPSA) is 43.1 Å². The highest BCUT2D eigenvalue weighted by atomic mass is 16.6. The van der Waals surface area contributed by atoms with E-state index < -0.39 is 0 Å². The molecule has 0 aliphatic heterocycles. The Morgan fingerprint density at radius 3 is 2.40 bits per heavy atom. The second-order valence-corrected chi connectivity index (χ2v) is 4.20. The molecule has 0 saturated heterocycles. The van der Waals surface area contributed by atoms with Crippen LogP contribution in [-0.4, -0.2) is 4.92 Å². The number of hydrogen-bond donors (Lipinski definition) is 0. The van der Waals surface area contributed by atoms with Crippen molar-refractivity contribution in [2.24, 2.45) is 5.92 Å². The zero-order valence-electron chi connectivity index (χ0n) is 8.85. The quantitative estimate of drug-likeness (QED) is 0.557. The molecule has 0 N–H and O–H groups in total. The molecule has 3 heteroatoms. The van der Waals surface area contributed by atoms with Crippen molar-refractivity contribution >= 4 is 5.69 Å². The Morgan fingerprint density at radius 2 is 2.00 bits per heavy atom. The highest BCUT2D eigenvalue weighted by molar-refractivity contribution is 5.35. The standard InChI is InChI=1S/C12H15NO2/c1-2-12(9-3-4-9)10-5-7-11(8-6-10)13(14)15/h5-9,12H,2-4H2,1H3. The summed E-state index contributed by atoms with van der Waals surface area (Å²) in [7, 11) is 0. The lowest BCUT2D eigenvalue weighted by atomic mass is 9.92. The summed E-state index contributed by atoms with van der Waals surface area (Å²) in [6.45, 7) is 2.18. The minimum Gasteiger partial charge on any atom is -0.258 e. The maximum absolute atomic E-state index is 10.5. The van der Waals surface area contributed by atoms with Gasteiger partial charge in [-0.25, -0.2) is 0 Å². The van der Waals surface area contributed by atoms with E-state index in [9.17, 15) is 10.1 Å². The highest BCUT2D eigenvalue weighted by Gasteiger charge is 2.30. The van der Waals surface area contributed by atoms with Crippen molar-refractivity contribution in [1.29, 1.82) is 0 Å². The van der Waals surface area contributed by atoms with Crippen molar-refractivity contribution in [3.63, 3.8) is 0 Å². The molecule has 0 radical (unpaired) electrons. The van der Waals surface area contributed by atoms with Gasteiger partial charge in [-0.2, -0.15) is 0 Å². The monoisotopic (exact) mass is 205 g/mol. The lowest BCUT2D eigenvalue weighted by Gasteiger charge is -2.13. The lowest BCUT2D eigenvalue weighted by molar-refractivity contribution is -0.384. The number of non-ortho nitro benzene ring substituents is 1. The maximum atomic E-state index is 10.5. The molecule has 1 fully saturated rings. The predicted octanol–water partition coefficient (Wildman–Crippen LogP) is 3.50. The fourth-order valence-corrected chi connectivity index (χ4v) is 2.18. The largest absolute Gasteiger partial charge is 0.269 e. The van der Waals surface area contributed by atoms with Crippen molar-refractivity contribution in [2.75, 3.05) is 0 Å². The molecule has 0 spiro atoms. The van der Waals surface area contributed by atoms with Gasteiger partial charge in [-0.3, -0.25) is 10.1 Å². The zero-order valence-corrected chi connectivity index (χ0v) is 8.85. The summed E-state index contributed by atoms with van der Waals surface area (Å²) in [6.07, 6.45) is 3.76. The van der Waals surface area contributed by atoms with Crippen LogP contribution in [0.5, 0.6) is 0 Å². The maximum Gasteiger partial charge on any atom is 0.269 e. The molecule has 0 aromatic heterocycles. The zero-order chi connectivity index (χ0) is 10.8. The molecule has 15 heavy (non-hydrogen) atoms. The van der Waals surface area contributed by atoms with Crippen molar-refractivity contribution in [3.05, 3.63) is 39.9 Å². The van der Waals surface area contributed by atoms with Gasteiger partial charge in [0.05, 0.1) is 4.92 Å². The Labute approximate surface area is 89.3 Å². The van der Waals surface area contributed by atoms with E-state index in [1.807, 2.05) is 12.1 Å². The van der Waals surface area contributed by atoms with Gasteiger partial charge in [0.1, 0.15) is 0 Å². The number of nitro groups is 1. The average molecular weight is 205 g/mol. The molecule has 1 unspecified atom stereocenters. The van der Waals surface area contributed by atoms with Gasteiger partial charge in [0.25, 0.3) is 5.69 Å². The van der Waals surface area contributed by atoms with E-state index in [2.05, 4.69) is 6.92 Å². The summed E-state index contributed by atoms with van der Waals surface area (Å²) < 4.78 is 0. The normalized spacial score (nSPS) is 17.4. The molecule has 0 amide bonds. The summed E-state index contributed by atoms with van der Waals surface area (Å²) in [5, 5.41) is 10.5. The van der Waals surface area contributed by atoms with Crippen LogP contribution >= 0.6 is 0 Å². The Balaban J connectivity index is 2.17. The third-order valence-corrected chi connectivity index (χ3v) is 3.16. The smallest absolute Gasteiger partial charge is 0.258 e. The Bertz CT molecular complexity index is 354. The third-order valence-electron chi connectivity index (χ3n) is 3.16. The average Bonchev–Trinajstić information content (AvgIpc) is 3.04. The van der Waals surface area contributed by atoms with Crippen LogP contribution < -0.4 is 0 Å². The van der Waals surface area contributed by atoms with Crippen molar-refractivity contribution in [3.8, 4) is 0 Å². The number of benzene rings is 1. The van der Waals surface area contributed by atoms with Crippen LogP contribution in [0.2, 0.25) is 0 Å². The molecule has 1 saturated carbocycles. The van der Waals surface area contributed by atoms with Crippen LogP contribution in [0.4, 0.5) is 5.69 Å². The Morgan fingerprint density at radius 1 is 1.40 bits per heavy atom. The van der Waals surface area contributed by atoms with Gasteiger partial charge in [-0.15, -0.1) is 0 Å². The van der Waals surface area contributed by atoms with Crippen molar-refractivity contribution < 1.29 is 4.92 Å². The fourth-order valence-electron chi connectivity index (χ4n) is 2.18. The van der Waals surface area contributed by atoms with Crippen LogP contribution in [0, 0.1) is 16.0 Å². The molecule has 3 nitrogen and oxygen atoms in total.